The number of hydrogen-bond acceptors (Lipinski definition) is 4. The van der Waals surface area contributed by atoms with Crippen LogP contribution in [0, 0.1) is 0 Å². The number of aryl methyl sites for hydroxylation is 1. The lowest BCUT2D eigenvalue weighted by Crippen LogP contribution is -2.27. The maximum atomic E-state index is 12.1. The summed E-state index contributed by atoms with van der Waals surface area (Å²) in [6.45, 7) is 2.15. The molecule has 110 valence electrons. The van der Waals surface area contributed by atoms with Crippen LogP contribution in [0.5, 0.6) is 5.75 Å². The summed E-state index contributed by atoms with van der Waals surface area (Å²) in [5, 5.41) is 13.2. The van der Waals surface area contributed by atoms with Crippen molar-refractivity contribution in [2.45, 2.75) is 19.9 Å². The highest BCUT2D eigenvalue weighted by Gasteiger charge is 2.14. The summed E-state index contributed by atoms with van der Waals surface area (Å²) in [7, 11) is 1.55. The van der Waals surface area contributed by atoms with Gasteiger partial charge in [-0.3, -0.25) is 9.59 Å². The molecule has 6 heteroatoms. The van der Waals surface area contributed by atoms with E-state index in [2.05, 4.69) is 5.10 Å². The van der Waals surface area contributed by atoms with Crippen molar-refractivity contribution in [1.29, 1.82) is 0 Å². The molecule has 0 radical (unpaired) electrons. The molecule has 0 spiro atoms. The van der Waals surface area contributed by atoms with Crippen molar-refractivity contribution in [3.8, 4) is 17.0 Å². The van der Waals surface area contributed by atoms with Crippen molar-refractivity contribution >= 4 is 5.97 Å². The fourth-order valence-corrected chi connectivity index (χ4v) is 2.09. The molecule has 0 saturated heterocycles. The monoisotopic (exact) mass is 288 g/mol. The minimum atomic E-state index is -1.05. The number of aliphatic carboxylic acids is 1. The number of rotatable bonds is 5. The lowest BCUT2D eigenvalue weighted by molar-refractivity contribution is -0.136. The number of benzene rings is 1. The molecule has 21 heavy (non-hydrogen) atoms. The van der Waals surface area contributed by atoms with E-state index in [1.807, 2.05) is 18.2 Å². The maximum Gasteiger partial charge on any atom is 0.308 e. The van der Waals surface area contributed by atoms with Crippen molar-refractivity contribution in [2.24, 2.45) is 0 Å². The molecule has 0 fully saturated rings. The number of ether oxygens (including phenoxy) is 1. The number of carbonyl (C=O) groups is 1. The number of carboxylic acids is 1. The van der Waals surface area contributed by atoms with Gasteiger partial charge in [0, 0.05) is 17.7 Å². The third kappa shape index (κ3) is 3.10. The van der Waals surface area contributed by atoms with Crippen LogP contribution in [0.1, 0.15) is 12.5 Å². The standard InChI is InChI=1S/C15H16N2O4/c1-3-17-15(20)10(9-14(18)19)8-12(16-17)11-6-4-5-7-13(11)21-2/h4-8H,3,9H2,1-2H3,(H,18,19). The van der Waals surface area contributed by atoms with Crippen molar-refractivity contribution < 1.29 is 14.6 Å². The maximum absolute atomic E-state index is 12.1. The zero-order chi connectivity index (χ0) is 15.4. The Labute approximate surface area is 121 Å². The lowest BCUT2D eigenvalue weighted by Gasteiger charge is -2.11. The van der Waals surface area contributed by atoms with E-state index in [4.69, 9.17) is 9.84 Å². The fourth-order valence-electron chi connectivity index (χ4n) is 2.09. The van der Waals surface area contributed by atoms with Crippen LogP contribution in [-0.2, 0) is 17.8 Å². The molecule has 2 aromatic rings. The SMILES string of the molecule is CCn1nc(-c2ccccc2OC)cc(CC(=O)O)c1=O. The molecule has 0 saturated carbocycles. The van der Waals surface area contributed by atoms with Gasteiger partial charge in [-0.05, 0) is 25.1 Å². The van der Waals surface area contributed by atoms with E-state index in [-0.39, 0.29) is 17.5 Å². The van der Waals surface area contributed by atoms with E-state index >= 15 is 0 Å². The number of methoxy groups -OCH3 is 1. The van der Waals surface area contributed by atoms with Gasteiger partial charge in [0.2, 0.25) is 0 Å². The van der Waals surface area contributed by atoms with Crippen molar-refractivity contribution in [3.63, 3.8) is 0 Å². The molecule has 0 aliphatic carbocycles. The highest BCUT2D eigenvalue weighted by atomic mass is 16.5. The smallest absolute Gasteiger partial charge is 0.308 e. The van der Waals surface area contributed by atoms with Crippen LogP contribution in [0.2, 0.25) is 0 Å². The Morgan fingerprint density at radius 3 is 2.71 bits per heavy atom. The Hall–Kier alpha value is -2.63. The second-order valence-corrected chi connectivity index (χ2v) is 4.45. The number of carboxylic acid groups (broad SMARTS) is 1. The summed E-state index contributed by atoms with van der Waals surface area (Å²) in [6, 6.07) is 8.78. The van der Waals surface area contributed by atoms with Crippen molar-refractivity contribution in [1.82, 2.24) is 9.78 Å². The van der Waals surface area contributed by atoms with Gasteiger partial charge in [0.15, 0.2) is 0 Å². The third-order valence-electron chi connectivity index (χ3n) is 3.07. The molecule has 6 nitrogen and oxygen atoms in total. The molecule has 1 N–H and O–H groups in total. The van der Waals surface area contributed by atoms with Gasteiger partial charge in [0.25, 0.3) is 5.56 Å². The molecule has 1 heterocycles. The molecule has 0 unspecified atom stereocenters. The quantitative estimate of drug-likeness (QED) is 0.903. The largest absolute Gasteiger partial charge is 0.496 e. The normalized spacial score (nSPS) is 10.4. The van der Waals surface area contributed by atoms with Gasteiger partial charge in [-0.1, -0.05) is 12.1 Å². The molecule has 0 aliphatic rings. The van der Waals surface area contributed by atoms with E-state index in [0.29, 0.717) is 23.6 Å². The number of hydrogen-bond donors (Lipinski definition) is 1. The fraction of sp³-hybridized carbons (Fsp3) is 0.267. The molecule has 0 bridgehead atoms. The molecule has 1 aromatic heterocycles. The summed E-state index contributed by atoms with van der Waals surface area (Å²) >= 11 is 0. The Morgan fingerprint density at radius 2 is 2.10 bits per heavy atom. The van der Waals surface area contributed by atoms with Crippen LogP contribution >= 0.6 is 0 Å². The summed E-state index contributed by atoms with van der Waals surface area (Å²) < 4.78 is 6.54. The van der Waals surface area contributed by atoms with Gasteiger partial charge in [-0.2, -0.15) is 5.10 Å². The minimum absolute atomic E-state index is 0.209. The Balaban J connectivity index is 2.64. The predicted molar refractivity (Wildman–Crippen MR) is 77.5 cm³/mol. The topological polar surface area (TPSA) is 81.4 Å². The van der Waals surface area contributed by atoms with Gasteiger partial charge >= 0.3 is 5.97 Å². The zero-order valence-electron chi connectivity index (χ0n) is 11.9. The number of para-hydroxylation sites is 1. The first-order chi connectivity index (χ1) is 10.1. The van der Waals surface area contributed by atoms with Crippen molar-refractivity contribution in [2.75, 3.05) is 7.11 Å². The first-order valence-corrected chi connectivity index (χ1v) is 6.53. The van der Waals surface area contributed by atoms with Gasteiger partial charge < -0.3 is 9.84 Å². The number of nitrogens with zero attached hydrogens (tertiary/aromatic N) is 2. The second kappa shape index (κ2) is 6.21. The summed E-state index contributed by atoms with van der Waals surface area (Å²) in [6.07, 6.45) is -0.330. The predicted octanol–water partition coefficient (Wildman–Crippen LogP) is 1.57. The van der Waals surface area contributed by atoms with Crippen molar-refractivity contribution in [3.05, 3.63) is 46.2 Å². The molecular formula is C15H16N2O4. The molecule has 0 atom stereocenters. The Kier molecular flexibility index (Phi) is 4.37. The van der Waals surface area contributed by atoms with Gasteiger partial charge in [-0.15, -0.1) is 0 Å². The Morgan fingerprint density at radius 1 is 1.38 bits per heavy atom. The summed E-state index contributed by atoms with van der Waals surface area (Å²) in [4.78, 5) is 23.0. The van der Waals surface area contributed by atoms with E-state index in [1.165, 1.54) is 10.7 Å². The molecule has 1 aromatic carbocycles. The molecular weight excluding hydrogens is 272 g/mol. The van der Waals surface area contributed by atoms with E-state index in [9.17, 15) is 9.59 Å². The highest BCUT2D eigenvalue weighted by molar-refractivity contribution is 5.72. The van der Waals surface area contributed by atoms with E-state index in [0.717, 1.165) is 0 Å². The molecule has 0 aliphatic heterocycles. The third-order valence-corrected chi connectivity index (χ3v) is 3.07. The van der Waals surface area contributed by atoms with Crippen LogP contribution in [-0.4, -0.2) is 28.0 Å². The Bertz CT molecular complexity index is 722. The van der Waals surface area contributed by atoms with Crippen LogP contribution < -0.4 is 10.3 Å². The average Bonchev–Trinajstić information content (AvgIpc) is 2.48. The second-order valence-electron chi connectivity index (χ2n) is 4.45. The van der Waals surface area contributed by atoms with Crippen LogP contribution in [0.15, 0.2) is 35.1 Å². The average molecular weight is 288 g/mol. The zero-order valence-corrected chi connectivity index (χ0v) is 11.9. The van der Waals surface area contributed by atoms with Crippen LogP contribution in [0.3, 0.4) is 0 Å². The van der Waals surface area contributed by atoms with E-state index in [1.54, 1.807) is 20.1 Å². The molecule has 0 amide bonds. The van der Waals surface area contributed by atoms with Gasteiger partial charge in [0.1, 0.15) is 5.75 Å². The number of aromatic nitrogens is 2. The van der Waals surface area contributed by atoms with Crippen LogP contribution in [0.4, 0.5) is 0 Å². The first kappa shape index (κ1) is 14.8. The molecule has 2 rings (SSSR count). The van der Waals surface area contributed by atoms with Crippen LogP contribution in [0.25, 0.3) is 11.3 Å². The summed E-state index contributed by atoms with van der Waals surface area (Å²) in [5.41, 5.74) is 1.07. The summed E-state index contributed by atoms with van der Waals surface area (Å²) in [5.74, 6) is -0.431. The highest BCUT2D eigenvalue weighted by Crippen LogP contribution is 2.27. The van der Waals surface area contributed by atoms with Gasteiger partial charge in [-0.25, -0.2) is 4.68 Å². The van der Waals surface area contributed by atoms with E-state index < -0.39 is 5.97 Å². The lowest BCUT2D eigenvalue weighted by atomic mass is 10.1. The first-order valence-electron chi connectivity index (χ1n) is 6.53. The minimum Gasteiger partial charge on any atom is -0.496 e. The van der Waals surface area contributed by atoms with Gasteiger partial charge in [0.05, 0.1) is 19.2 Å².